The molecule has 0 spiro atoms. The molecule has 8 heteroatoms. The van der Waals surface area contributed by atoms with Crippen LogP contribution >= 0.6 is 11.3 Å². The van der Waals surface area contributed by atoms with Crippen LogP contribution in [0, 0.1) is 0 Å². The highest BCUT2D eigenvalue weighted by Crippen LogP contribution is 2.18. The summed E-state index contributed by atoms with van der Waals surface area (Å²) in [6.07, 6.45) is -1.16. The molecule has 0 aliphatic rings. The second kappa shape index (κ2) is 8.40. The molecular formula is C14H22F2N2O3S. The van der Waals surface area contributed by atoms with Crippen molar-refractivity contribution in [1.82, 2.24) is 10.2 Å². The normalized spacial score (nSPS) is 13.4. The van der Waals surface area contributed by atoms with Crippen LogP contribution in [0.2, 0.25) is 0 Å². The van der Waals surface area contributed by atoms with Gasteiger partial charge >= 0.3 is 12.7 Å². The number of rotatable bonds is 8. The molecular weight excluding hydrogens is 314 g/mol. The number of halogens is 2. The number of thiophene rings is 1. The topological polar surface area (TPSA) is 61.8 Å². The number of amides is 1. The Hall–Kier alpha value is -1.25. The van der Waals surface area contributed by atoms with Crippen LogP contribution in [0.4, 0.5) is 13.6 Å². The van der Waals surface area contributed by atoms with E-state index in [1.807, 2.05) is 16.8 Å². The van der Waals surface area contributed by atoms with Crippen LogP contribution < -0.4 is 5.32 Å². The van der Waals surface area contributed by atoms with Gasteiger partial charge in [-0.15, -0.1) is 0 Å². The number of hydrogen-bond acceptors (Lipinski definition) is 4. The van der Waals surface area contributed by atoms with Gasteiger partial charge in [-0.25, -0.2) is 4.79 Å². The summed E-state index contributed by atoms with van der Waals surface area (Å²) in [4.78, 5) is 12.6. The molecule has 22 heavy (non-hydrogen) atoms. The van der Waals surface area contributed by atoms with E-state index in [9.17, 15) is 18.7 Å². The molecule has 0 unspecified atom stereocenters. The molecule has 0 aromatic carbocycles. The molecule has 5 nitrogen and oxygen atoms in total. The van der Waals surface area contributed by atoms with E-state index >= 15 is 0 Å². The number of nitrogens with zero attached hydrogens (tertiary/aromatic N) is 1. The standard InChI is InChI=1S/C14H22F2N2O3S/c1-14(2,3)18(13(19)20)11(8-21-12(15)16)7-17-6-10-4-5-22-9-10/h4-5,9,11-12,17H,6-8H2,1-3H3,(H,19,20)/t11-/m1/s1. The fourth-order valence-corrected chi connectivity index (χ4v) is 2.84. The zero-order valence-corrected chi connectivity index (χ0v) is 13.7. The van der Waals surface area contributed by atoms with Crippen molar-refractivity contribution >= 4 is 17.4 Å². The highest BCUT2D eigenvalue weighted by atomic mass is 32.1. The van der Waals surface area contributed by atoms with Crippen molar-refractivity contribution in [3.05, 3.63) is 22.4 Å². The zero-order chi connectivity index (χ0) is 16.8. The van der Waals surface area contributed by atoms with Crippen LogP contribution in [-0.4, -0.2) is 47.4 Å². The number of carboxylic acid groups (broad SMARTS) is 1. The second-order valence-corrected chi connectivity index (χ2v) is 6.61. The van der Waals surface area contributed by atoms with Gasteiger partial charge in [-0.05, 0) is 43.2 Å². The number of carbonyl (C=O) groups is 1. The first-order valence-electron chi connectivity index (χ1n) is 6.85. The van der Waals surface area contributed by atoms with Crippen molar-refractivity contribution in [2.75, 3.05) is 13.2 Å². The minimum atomic E-state index is -2.92. The summed E-state index contributed by atoms with van der Waals surface area (Å²) >= 11 is 1.56. The summed E-state index contributed by atoms with van der Waals surface area (Å²) in [7, 11) is 0. The molecule has 0 radical (unpaired) electrons. The zero-order valence-electron chi connectivity index (χ0n) is 12.9. The lowest BCUT2D eigenvalue weighted by molar-refractivity contribution is -0.143. The van der Waals surface area contributed by atoms with Crippen molar-refractivity contribution in [3.8, 4) is 0 Å². The van der Waals surface area contributed by atoms with Gasteiger partial charge in [0, 0.05) is 18.6 Å². The third-order valence-electron chi connectivity index (χ3n) is 3.00. The quantitative estimate of drug-likeness (QED) is 0.765. The molecule has 0 saturated carbocycles. The van der Waals surface area contributed by atoms with Crippen LogP contribution in [0.5, 0.6) is 0 Å². The molecule has 1 aromatic heterocycles. The lowest BCUT2D eigenvalue weighted by Gasteiger charge is -2.39. The number of alkyl halides is 2. The molecule has 1 aromatic rings. The van der Waals surface area contributed by atoms with Gasteiger partial charge in [-0.3, -0.25) is 4.90 Å². The summed E-state index contributed by atoms with van der Waals surface area (Å²) in [5.74, 6) is 0. The van der Waals surface area contributed by atoms with Gasteiger partial charge in [0.25, 0.3) is 0 Å². The number of ether oxygens (including phenoxy) is 1. The number of nitrogens with one attached hydrogen (secondary N) is 1. The first kappa shape index (κ1) is 18.8. The first-order chi connectivity index (χ1) is 10.2. The largest absolute Gasteiger partial charge is 0.465 e. The van der Waals surface area contributed by atoms with Gasteiger partial charge < -0.3 is 15.2 Å². The molecule has 2 N–H and O–H groups in total. The fraction of sp³-hybridized carbons (Fsp3) is 0.643. The van der Waals surface area contributed by atoms with Crippen molar-refractivity contribution in [1.29, 1.82) is 0 Å². The highest BCUT2D eigenvalue weighted by molar-refractivity contribution is 7.07. The summed E-state index contributed by atoms with van der Waals surface area (Å²) in [5.41, 5.74) is 0.350. The van der Waals surface area contributed by atoms with E-state index in [0.717, 1.165) is 10.5 Å². The maximum absolute atomic E-state index is 12.3. The lowest BCUT2D eigenvalue weighted by Crippen LogP contribution is -2.56. The molecule has 1 heterocycles. The second-order valence-electron chi connectivity index (χ2n) is 5.83. The smallest absolute Gasteiger partial charge is 0.408 e. The molecule has 0 saturated heterocycles. The van der Waals surface area contributed by atoms with E-state index in [0.29, 0.717) is 6.54 Å². The predicted octanol–water partition coefficient (Wildman–Crippen LogP) is 3.22. The Labute approximate surface area is 132 Å². The monoisotopic (exact) mass is 336 g/mol. The SMILES string of the molecule is CC(C)(C)N(C(=O)O)[C@H](CNCc1ccsc1)COC(F)F. The van der Waals surface area contributed by atoms with E-state index in [1.165, 1.54) is 0 Å². The molecule has 0 aliphatic carbocycles. The summed E-state index contributed by atoms with van der Waals surface area (Å²) < 4.78 is 28.9. The van der Waals surface area contributed by atoms with Crippen molar-refractivity contribution in [2.24, 2.45) is 0 Å². The third-order valence-corrected chi connectivity index (χ3v) is 3.73. The molecule has 1 atom stereocenters. The van der Waals surface area contributed by atoms with E-state index in [4.69, 9.17) is 0 Å². The fourth-order valence-electron chi connectivity index (χ4n) is 2.18. The van der Waals surface area contributed by atoms with Crippen LogP contribution in [0.25, 0.3) is 0 Å². The highest BCUT2D eigenvalue weighted by Gasteiger charge is 2.33. The molecule has 1 rings (SSSR count). The van der Waals surface area contributed by atoms with Crippen LogP contribution in [0.3, 0.4) is 0 Å². The van der Waals surface area contributed by atoms with Gasteiger partial charge in [0.05, 0.1) is 12.6 Å². The molecule has 0 aliphatic heterocycles. The Morgan fingerprint density at radius 3 is 2.64 bits per heavy atom. The van der Waals surface area contributed by atoms with Crippen LogP contribution in [0.15, 0.2) is 16.8 Å². The lowest BCUT2D eigenvalue weighted by atomic mass is 10.0. The van der Waals surface area contributed by atoms with Crippen molar-refractivity contribution < 1.29 is 23.4 Å². The predicted molar refractivity (Wildman–Crippen MR) is 81.4 cm³/mol. The molecule has 126 valence electrons. The van der Waals surface area contributed by atoms with Crippen LogP contribution in [-0.2, 0) is 11.3 Å². The first-order valence-corrected chi connectivity index (χ1v) is 7.80. The van der Waals surface area contributed by atoms with Crippen molar-refractivity contribution in [3.63, 3.8) is 0 Å². The van der Waals surface area contributed by atoms with Gasteiger partial charge in [-0.1, -0.05) is 0 Å². The van der Waals surface area contributed by atoms with E-state index < -0.39 is 24.3 Å². The van der Waals surface area contributed by atoms with Gasteiger partial charge in [0.2, 0.25) is 0 Å². The number of hydrogen-bond donors (Lipinski definition) is 2. The van der Waals surface area contributed by atoms with Gasteiger partial charge in [0.15, 0.2) is 0 Å². The summed E-state index contributed by atoms with van der Waals surface area (Å²) in [6.45, 7) is 2.64. The van der Waals surface area contributed by atoms with E-state index in [1.54, 1.807) is 32.1 Å². The Balaban J connectivity index is 2.70. The molecule has 0 bridgehead atoms. The maximum atomic E-state index is 12.3. The minimum absolute atomic E-state index is 0.228. The Morgan fingerprint density at radius 2 is 2.18 bits per heavy atom. The summed E-state index contributed by atoms with van der Waals surface area (Å²) in [6, 6.07) is 1.24. The average molecular weight is 336 g/mol. The minimum Gasteiger partial charge on any atom is -0.465 e. The van der Waals surface area contributed by atoms with Gasteiger partial charge in [-0.2, -0.15) is 20.1 Å². The Morgan fingerprint density at radius 1 is 1.50 bits per heavy atom. The Kier molecular flexibility index (Phi) is 7.18. The third kappa shape index (κ3) is 6.25. The van der Waals surface area contributed by atoms with Gasteiger partial charge in [0.1, 0.15) is 0 Å². The maximum Gasteiger partial charge on any atom is 0.408 e. The molecule has 0 fully saturated rings. The molecule has 1 amide bonds. The van der Waals surface area contributed by atoms with E-state index in [-0.39, 0.29) is 13.2 Å². The Bertz CT molecular complexity index is 449. The van der Waals surface area contributed by atoms with Crippen LogP contribution in [0.1, 0.15) is 26.3 Å². The van der Waals surface area contributed by atoms with Crippen molar-refractivity contribution in [2.45, 2.75) is 45.5 Å². The van der Waals surface area contributed by atoms with E-state index in [2.05, 4.69) is 10.1 Å². The summed E-state index contributed by atoms with van der Waals surface area (Å²) in [5, 5.41) is 16.4. The average Bonchev–Trinajstić information content (AvgIpc) is 2.86.